The quantitative estimate of drug-likeness (QED) is 0.782. The summed E-state index contributed by atoms with van der Waals surface area (Å²) in [6.07, 6.45) is 0. The fourth-order valence-electron chi connectivity index (χ4n) is 1.50. The van der Waals surface area contributed by atoms with Crippen molar-refractivity contribution in [2.45, 2.75) is 6.61 Å². The van der Waals surface area contributed by atoms with Crippen molar-refractivity contribution in [3.05, 3.63) is 54.3 Å². The molecule has 0 amide bonds. The third kappa shape index (κ3) is 2.78. The molecule has 4 heteroatoms. The van der Waals surface area contributed by atoms with E-state index in [4.69, 9.17) is 0 Å². The summed E-state index contributed by atoms with van der Waals surface area (Å²) < 4.78 is 41.3. The smallest absolute Gasteiger partial charge is 0.387 e. The van der Waals surface area contributed by atoms with E-state index < -0.39 is 18.2 Å². The molecule has 88 valence electrons. The first-order valence-corrected chi connectivity index (χ1v) is 4.96. The standard InChI is InChI=1S/C13H9F3O/c14-11-8-10(9-4-2-1-3-5-9)6-7-12(11)17-13(15)16/h1-8,13H. The molecule has 2 aromatic carbocycles. The molecule has 0 aliphatic heterocycles. The molecule has 17 heavy (non-hydrogen) atoms. The topological polar surface area (TPSA) is 9.23 Å². The Labute approximate surface area is 96.5 Å². The van der Waals surface area contributed by atoms with Gasteiger partial charge in [0.05, 0.1) is 0 Å². The Hall–Kier alpha value is -1.97. The number of halogens is 3. The van der Waals surface area contributed by atoms with Gasteiger partial charge in [-0.05, 0) is 23.3 Å². The van der Waals surface area contributed by atoms with Gasteiger partial charge in [0.15, 0.2) is 11.6 Å². The van der Waals surface area contributed by atoms with Crippen LogP contribution in [0.1, 0.15) is 0 Å². The number of rotatable bonds is 3. The van der Waals surface area contributed by atoms with Crippen molar-refractivity contribution in [1.29, 1.82) is 0 Å². The Morgan fingerprint density at radius 2 is 1.59 bits per heavy atom. The van der Waals surface area contributed by atoms with Crippen LogP contribution < -0.4 is 4.74 Å². The lowest BCUT2D eigenvalue weighted by Crippen LogP contribution is -2.03. The molecule has 0 unspecified atom stereocenters. The summed E-state index contributed by atoms with van der Waals surface area (Å²) in [5.74, 6) is -1.24. The molecule has 0 aromatic heterocycles. The molecule has 0 spiro atoms. The average Bonchev–Trinajstić information content (AvgIpc) is 2.32. The lowest BCUT2D eigenvalue weighted by molar-refractivity contribution is -0.0521. The third-order valence-electron chi connectivity index (χ3n) is 2.26. The molecule has 0 radical (unpaired) electrons. The van der Waals surface area contributed by atoms with E-state index in [1.165, 1.54) is 18.2 Å². The molecule has 0 fully saturated rings. The summed E-state index contributed by atoms with van der Waals surface area (Å²) in [5, 5.41) is 0. The van der Waals surface area contributed by atoms with Crippen LogP contribution in [0.4, 0.5) is 13.2 Å². The highest BCUT2D eigenvalue weighted by Crippen LogP contribution is 2.26. The van der Waals surface area contributed by atoms with Crippen LogP contribution in [0.15, 0.2) is 48.5 Å². The Kier molecular flexibility index (Phi) is 3.32. The van der Waals surface area contributed by atoms with E-state index in [0.29, 0.717) is 5.56 Å². The zero-order chi connectivity index (χ0) is 12.3. The Bertz CT molecular complexity index is 497. The highest BCUT2D eigenvalue weighted by Gasteiger charge is 2.10. The van der Waals surface area contributed by atoms with E-state index in [0.717, 1.165) is 5.56 Å². The molecule has 0 aliphatic carbocycles. The molecule has 0 saturated carbocycles. The Morgan fingerprint density at radius 3 is 2.18 bits per heavy atom. The summed E-state index contributed by atoms with van der Waals surface area (Å²) in [6.45, 7) is -3.02. The van der Waals surface area contributed by atoms with E-state index in [2.05, 4.69) is 4.74 Å². The van der Waals surface area contributed by atoms with Crippen LogP contribution in [0.5, 0.6) is 5.75 Å². The predicted molar refractivity (Wildman–Crippen MR) is 58.5 cm³/mol. The van der Waals surface area contributed by atoms with Crippen LogP contribution in [-0.2, 0) is 0 Å². The third-order valence-corrected chi connectivity index (χ3v) is 2.26. The van der Waals surface area contributed by atoms with Crippen LogP contribution in [0.3, 0.4) is 0 Å². The molecule has 2 rings (SSSR count). The van der Waals surface area contributed by atoms with Gasteiger partial charge >= 0.3 is 6.61 Å². The monoisotopic (exact) mass is 238 g/mol. The summed E-state index contributed by atoms with van der Waals surface area (Å²) in [5.41, 5.74) is 1.43. The summed E-state index contributed by atoms with van der Waals surface area (Å²) in [4.78, 5) is 0. The van der Waals surface area contributed by atoms with Crippen molar-refractivity contribution < 1.29 is 17.9 Å². The van der Waals surface area contributed by atoms with E-state index in [1.54, 1.807) is 0 Å². The zero-order valence-electron chi connectivity index (χ0n) is 8.74. The second-order valence-corrected chi connectivity index (χ2v) is 3.39. The number of alkyl halides is 2. The van der Waals surface area contributed by atoms with Crippen molar-refractivity contribution >= 4 is 0 Å². The minimum Gasteiger partial charge on any atom is -0.432 e. The lowest BCUT2D eigenvalue weighted by Gasteiger charge is -2.07. The number of hydrogen-bond donors (Lipinski definition) is 0. The fourth-order valence-corrected chi connectivity index (χ4v) is 1.50. The van der Waals surface area contributed by atoms with Crippen molar-refractivity contribution in [2.24, 2.45) is 0 Å². The predicted octanol–water partition coefficient (Wildman–Crippen LogP) is 4.09. The highest BCUT2D eigenvalue weighted by molar-refractivity contribution is 5.64. The number of benzene rings is 2. The fraction of sp³-hybridized carbons (Fsp3) is 0.0769. The molecular weight excluding hydrogens is 229 g/mol. The Morgan fingerprint density at radius 1 is 0.882 bits per heavy atom. The largest absolute Gasteiger partial charge is 0.432 e. The first kappa shape index (κ1) is 11.5. The van der Waals surface area contributed by atoms with Crippen LogP contribution in [0.25, 0.3) is 11.1 Å². The maximum atomic E-state index is 13.4. The summed E-state index contributed by atoms with van der Waals surface area (Å²) in [6, 6.07) is 13.0. The van der Waals surface area contributed by atoms with Crippen LogP contribution in [0, 0.1) is 5.82 Å². The van der Waals surface area contributed by atoms with Crippen molar-refractivity contribution in [3.8, 4) is 16.9 Å². The van der Waals surface area contributed by atoms with Gasteiger partial charge in [-0.3, -0.25) is 0 Å². The average molecular weight is 238 g/mol. The molecular formula is C13H9F3O. The van der Waals surface area contributed by atoms with Gasteiger partial charge in [-0.15, -0.1) is 0 Å². The zero-order valence-corrected chi connectivity index (χ0v) is 8.74. The highest BCUT2D eigenvalue weighted by atomic mass is 19.3. The Balaban J connectivity index is 2.31. The molecule has 0 N–H and O–H groups in total. The van der Waals surface area contributed by atoms with E-state index in [9.17, 15) is 13.2 Å². The molecule has 0 saturated heterocycles. The van der Waals surface area contributed by atoms with Gasteiger partial charge in [-0.2, -0.15) is 8.78 Å². The summed E-state index contributed by atoms with van der Waals surface area (Å²) >= 11 is 0. The minimum absolute atomic E-state index is 0.445. The van der Waals surface area contributed by atoms with Gasteiger partial charge in [-0.25, -0.2) is 4.39 Å². The first-order valence-electron chi connectivity index (χ1n) is 4.96. The maximum Gasteiger partial charge on any atom is 0.387 e. The number of ether oxygens (including phenoxy) is 1. The molecule has 0 aliphatic rings. The van der Waals surface area contributed by atoms with Crippen molar-refractivity contribution in [3.63, 3.8) is 0 Å². The van der Waals surface area contributed by atoms with Gasteiger partial charge in [0.1, 0.15) is 0 Å². The van der Waals surface area contributed by atoms with Crippen molar-refractivity contribution in [1.82, 2.24) is 0 Å². The van der Waals surface area contributed by atoms with Crippen LogP contribution >= 0.6 is 0 Å². The summed E-state index contributed by atoms with van der Waals surface area (Å²) in [7, 11) is 0. The van der Waals surface area contributed by atoms with E-state index >= 15 is 0 Å². The molecule has 0 heterocycles. The lowest BCUT2D eigenvalue weighted by atomic mass is 10.1. The van der Waals surface area contributed by atoms with Gasteiger partial charge in [0.2, 0.25) is 0 Å². The maximum absolute atomic E-state index is 13.4. The molecule has 1 nitrogen and oxygen atoms in total. The normalized spacial score (nSPS) is 10.6. The van der Waals surface area contributed by atoms with E-state index in [-0.39, 0.29) is 0 Å². The van der Waals surface area contributed by atoms with E-state index in [1.807, 2.05) is 30.3 Å². The second kappa shape index (κ2) is 4.91. The number of hydrogen-bond acceptors (Lipinski definition) is 1. The molecule has 2 aromatic rings. The minimum atomic E-state index is -3.02. The van der Waals surface area contributed by atoms with Gasteiger partial charge < -0.3 is 4.74 Å². The van der Waals surface area contributed by atoms with Crippen LogP contribution in [0.2, 0.25) is 0 Å². The van der Waals surface area contributed by atoms with Crippen LogP contribution in [-0.4, -0.2) is 6.61 Å². The molecule has 0 atom stereocenters. The van der Waals surface area contributed by atoms with Gasteiger partial charge in [0, 0.05) is 0 Å². The van der Waals surface area contributed by atoms with Gasteiger partial charge in [-0.1, -0.05) is 36.4 Å². The van der Waals surface area contributed by atoms with Crippen molar-refractivity contribution in [2.75, 3.05) is 0 Å². The first-order chi connectivity index (χ1) is 8.16. The SMILES string of the molecule is Fc1cc(-c2ccccc2)ccc1OC(F)F. The molecule has 0 bridgehead atoms. The second-order valence-electron chi connectivity index (χ2n) is 3.39. The van der Waals surface area contributed by atoms with Gasteiger partial charge in [0.25, 0.3) is 0 Å².